The number of nitrogens with two attached hydrogens (primary N) is 1. The minimum atomic E-state index is -1.79. The SMILES string of the molecule is NC(=O)C1(O)CCC(CCc2ccc3c(c2)CCC(=O)N3)C1O. The second-order valence-electron chi connectivity index (χ2n) is 6.61. The molecular formula is C17H22N2O4. The fraction of sp³-hybridized carbons (Fsp3) is 0.529. The van der Waals surface area contributed by atoms with E-state index in [1.165, 1.54) is 0 Å². The first-order valence-electron chi connectivity index (χ1n) is 8.02. The van der Waals surface area contributed by atoms with Gasteiger partial charge < -0.3 is 21.3 Å². The quantitative estimate of drug-likeness (QED) is 0.647. The highest BCUT2D eigenvalue weighted by Gasteiger charge is 2.50. The van der Waals surface area contributed by atoms with Crippen molar-refractivity contribution < 1.29 is 19.8 Å². The summed E-state index contributed by atoms with van der Waals surface area (Å²) in [4.78, 5) is 22.7. The molecule has 6 heteroatoms. The average molecular weight is 318 g/mol. The number of hydrogen-bond donors (Lipinski definition) is 4. The molecule has 2 amide bonds. The second-order valence-corrected chi connectivity index (χ2v) is 6.61. The van der Waals surface area contributed by atoms with E-state index < -0.39 is 17.6 Å². The fourth-order valence-corrected chi connectivity index (χ4v) is 3.62. The summed E-state index contributed by atoms with van der Waals surface area (Å²) >= 11 is 0. The van der Waals surface area contributed by atoms with Crippen LogP contribution in [0, 0.1) is 5.92 Å². The van der Waals surface area contributed by atoms with E-state index in [1.54, 1.807) is 0 Å². The molecule has 0 spiro atoms. The van der Waals surface area contributed by atoms with Crippen molar-refractivity contribution in [3.63, 3.8) is 0 Å². The van der Waals surface area contributed by atoms with Gasteiger partial charge in [0.15, 0.2) is 5.60 Å². The van der Waals surface area contributed by atoms with Crippen LogP contribution in [0.2, 0.25) is 0 Å². The molecule has 5 N–H and O–H groups in total. The molecule has 3 atom stereocenters. The zero-order chi connectivity index (χ0) is 16.6. The topological polar surface area (TPSA) is 113 Å². The van der Waals surface area contributed by atoms with Gasteiger partial charge >= 0.3 is 0 Å². The molecule has 1 aliphatic carbocycles. The van der Waals surface area contributed by atoms with Crippen LogP contribution in [0.5, 0.6) is 0 Å². The molecule has 1 fully saturated rings. The number of primary amides is 1. The maximum Gasteiger partial charge on any atom is 0.252 e. The van der Waals surface area contributed by atoms with Crippen molar-refractivity contribution in [1.82, 2.24) is 0 Å². The molecule has 0 radical (unpaired) electrons. The van der Waals surface area contributed by atoms with Gasteiger partial charge in [-0.3, -0.25) is 9.59 Å². The highest BCUT2D eigenvalue weighted by Crippen LogP contribution is 2.37. The Morgan fingerprint density at radius 2 is 2.17 bits per heavy atom. The van der Waals surface area contributed by atoms with Gasteiger partial charge in [-0.2, -0.15) is 0 Å². The minimum Gasteiger partial charge on any atom is -0.389 e. The van der Waals surface area contributed by atoms with Gasteiger partial charge in [0.1, 0.15) is 0 Å². The summed E-state index contributed by atoms with van der Waals surface area (Å²) in [6.07, 6.45) is 2.37. The zero-order valence-electron chi connectivity index (χ0n) is 12.9. The lowest BCUT2D eigenvalue weighted by Gasteiger charge is -2.25. The molecule has 124 valence electrons. The molecule has 1 aromatic rings. The van der Waals surface area contributed by atoms with Crippen molar-refractivity contribution in [3.05, 3.63) is 29.3 Å². The molecule has 3 unspecified atom stereocenters. The lowest BCUT2D eigenvalue weighted by Crippen LogP contribution is -2.51. The van der Waals surface area contributed by atoms with Crippen LogP contribution in [-0.4, -0.2) is 33.7 Å². The number of carbonyl (C=O) groups excluding carboxylic acids is 2. The van der Waals surface area contributed by atoms with Crippen LogP contribution in [0.1, 0.15) is 36.8 Å². The first-order chi connectivity index (χ1) is 10.9. The van der Waals surface area contributed by atoms with Crippen molar-refractivity contribution in [3.8, 4) is 0 Å². The summed E-state index contributed by atoms with van der Waals surface area (Å²) in [5.41, 5.74) is 6.53. The van der Waals surface area contributed by atoms with Crippen molar-refractivity contribution in [2.45, 2.75) is 50.2 Å². The first-order valence-corrected chi connectivity index (χ1v) is 8.02. The van der Waals surface area contributed by atoms with Crippen molar-refractivity contribution in [2.24, 2.45) is 11.7 Å². The highest BCUT2D eigenvalue weighted by atomic mass is 16.4. The molecule has 1 aromatic carbocycles. The van der Waals surface area contributed by atoms with Crippen LogP contribution in [0.3, 0.4) is 0 Å². The Labute approximate surface area is 134 Å². The minimum absolute atomic E-state index is 0.0464. The van der Waals surface area contributed by atoms with Gasteiger partial charge in [-0.25, -0.2) is 0 Å². The summed E-state index contributed by atoms with van der Waals surface area (Å²) in [5, 5.41) is 23.2. The molecule has 3 rings (SSSR count). The third kappa shape index (κ3) is 2.96. The monoisotopic (exact) mass is 318 g/mol. The van der Waals surface area contributed by atoms with Gasteiger partial charge in [0.05, 0.1) is 6.10 Å². The Balaban J connectivity index is 1.63. The van der Waals surface area contributed by atoms with Gasteiger partial charge in [0.2, 0.25) is 5.91 Å². The Kier molecular flexibility index (Phi) is 4.12. The number of fused-ring (bicyclic) bond motifs is 1. The first kappa shape index (κ1) is 16.0. The number of benzene rings is 1. The molecule has 1 heterocycles. The van der Waals surface area contributed by atoms with Crippen molar-refractivity contribution >= 4 is 17.5 Å². The molecule has 1 aliphatic heterocycles. The van der Waals surface area contributed by atoms with Crippen LogP contribution < -0.4 is 11.1 Å². The molecule has 6 nitrogen and oxygen atoms in total. The van der Waals surface area contributed by atoms with E-state index in [-0.39, 0.29) is 18.2 Å². The normalized spacial score (nSPS) is 29.9. The Morgan fingerprint density at radius 1 is 1.39 bits per heavy atom. The number of hydrogen-bond acceptors (Lipinski definition) is 4. The van der Waals surface area contributed by atoms with Crippen LogP contribution >= 0.6 is 0 Å². The van der Waals surface area contributed by atoms with Crippen molar-refractivity contribution in [2.75, 3.05) is 5.32 Å². The summed E-state index contributed by atoms with van der Waals surface area (Å²) < 4.78 is 0. The van der Waals surface area contributed by atoms with Gasteiger partial charge in [0, 0.05) is 12.1 Å². The van der Waals surface area contributed by atoms with E-state index in [0.717, 1.165) is 29.7 Å². The maximum absolute atomic E-state index is 11.4. The van der Waals surface area contributed by atoms with Gasteiger partial charge in [-0.1, -0.05) is 12.1 Å². The lowest BCUT2D eigenvalue weighted by atomic mass is 9.91. The number of aryl methyl sites for hydroxylation is 2. The maximum atomic E-state index is 11.4. The van der Waals surface area contributed by atoms with Crippen LogP contribution in [0.4, 0.5) is 5.69 Å². The lowest BCUT2D eigenvalue weighted by molar-refractivity contribution is -0.147. The highest BCUT2D eigenvalue weighted by molar-refractivity contribution is 5.93. The standard InChI is InChI=1S/C17H22N2O4/c18-16(22)17(23)8-7-11(15(17)21)3-1-10-2-5-13-12(9-10)4-6-14(20)19-13/h2,5,9,11,15,21,23H,1,3-4,6-8H2,(H2,18,22)(H,19,20). The molecular weight excluding hydrogens is 296 g/mol. The Bertz CT molecular complexity index is 645. The predicted molar refractivity (Wildman–Crippen MR) is 84.6 cm³/mol. The summed E-state index contributed by atoms with van der Waals surface area (Å²) in [6.45, 7) is 0. The second kappa shape index (κ2) is 5.94. The summed E-state index contributed by atoms with van der Waals surface area (Å²) in [7, 11) is 0. The van der Waals surface area contributed by atoms with Gasteiger partial charge in [0.25, 0.3) is 5.91 Å². The van der Waals surface area contributed by atoms with Crippen LogP contribution in [0.15, 0.2) is 18.2 Å². The smallest absolute Gasteiger partial charge is 0.252 e. The third-order valence-electron chi connectivity index (χ3n) is 5.13. The largest absolute Gasteiger partial charge is 0.389 e. The molecule has 2 aliphatic rings. The number of aliphatic hydroxyl groups is 2. The van der Waals surface area contributed by atoms with Gasteiger partial charge in [-0.15, -0.1) is 0 Å². The summed E-state index contributed by atoms with van der Waals surface area (Å²) in [6, 6.07) is 5.95. The molecule has 0 saturated heterocycles. The number of aliphatic hydroxyl groups excluding tert-OH is 1. The number of rotatable bonds is 4. The van der Waals surface area contributed by atoms with E-state index in [1.807, 2.05) is 12.1 Å². The number of anilines is 1. The Hall–Kier alpha value is -1.92. The zero-order valence-corrected chi connectivity index (χ0v) is 12.9. The van der Waals surface area contributed by atoms with Gasteiger partial charge in [-0.05, 0) is 55.2 Å². The third-order valence-corrected chi connectivity index (χ3v) is 5.13. The molecule has 0 aromatic heterocycles. The number of carbonyl (C=O) groups is 2. The fourth-order valence-electron chi connectivity index (χ4n) is 3.62. The van der Waals surface area contributed by atoms with Crippen molar-refractivity contribution in [1.29, 1.82) is 0 Å². The van der Waals surface area contributed by atoms with E-state index in [4.69, 9.17) is 5.73 Å². The molecule has 1 saturated carbocycles. The molecule has 0 bridgehead atoms. The van der Waals surface area contributed by atoms with E-state index in [2.05, 4.69) is 11.4 Å². The summed E-state index contributed by atoms with van der Waals surface area (Å²) in [5.74, 6) is -0.940. The number of nitrogens with one attached hydrogen (secondary N) is 1. The Morgan fingerprint density at radius 3 is 2.87 bits per heavy atom. The van der Waals surface area contributed by atoms with E-state index in [9.17, 15) is 19.8 Å². The van der Waals surface area contributed by atoms with E-state index in [0.29, 0.717) is 19.3 Å². The number of amides is 2. The molecule has 23 heavy (non-hydrogen) atoms. The van der Waals surface area contributed by atoms with E-state index >= 15 is 0 Å². The van der Waals surface area contributed by atoms with Crippen LogP contribution in [-0.2, 0) is 22.4 Å². The van der Waals surface area contributed by atoms with Crippen LogP contribution in [0.25, 0.3) is 0 Å². The predicted octanol–water partition coefficient (Wildman–Crippen LogP) is 0.491. The average Bonchev–Trinajstić information content (AvgIpc) is 2.82.